The largest absolute Gasteiger partial charge is 0.398 e. The number of benzene rings is 1. The second-order valence-electron chi connectivity index (χ2n) is 7.31. The van der Waals surface area contributed by atoms with Gasteiger partial charge in [0.2, 0.25) is 0 Å². The van der Waals surface area contributed by atoms with Crippen molar-refractivity contribution in [3.05, 3.63) is 23.8 Å². The van der Waals surface area contributed by atoms with Gasteiger partial charge >= 0.3 is 0 Å². The molecule has 1 aromatic carbocycles. The second kappa shape index (κ2) is 6.08. The monoisotopic (exact) mass is 288 g/mol. The molecule has 3 nitrogen and oxygen atoms in total. The number of ketones is 1. The summed E-state index contributed by atoms with van der Waals surface area (Å²) in [6.07, 6.45) is 3.71. The third-order valence-electron chi connectivity index (χ3n) is 4.73. The SMILES string of the molecule is CC(=O)c1cc(N2CCCC(C(C)(C)C)CC2)ccc1N. The number of Topliss-reactive ketones (excluding diaryl/α,β-unsaturated/α-hetero) is 1. The lowest BCUT2D eigenvalue weighted by Gasteiger charge is -2.30. The Morgan fingerprint density at radius 3 is 2.57 bits per heavy atom. The lowest BCUT2D eigenvalue weighted by Crippen LogP contribution is -2.26. The molecule has 0 spiro atoms. The molecule has 1 aliphatic rings. The van der Waals surface area contributed by atoms with Gasteiger partial charge in [-0.1, -0.05) is 20.8 Å². The van der Waals surface area contributed by atoms with Crippen molar-refractivity contribution >= 4 is 17.2 Å². The van der Waals surface area contributed by atoms with Gasteiger partial charge in [0.25, 0.3) is 0 Å². The second-order valence-corrected chi connectivity index (χ2v) is 7.31. The topological polar surface area (TPSA) is 46.3 Å². The Balaban J connectivity index is 2.16. The van der Waals surface area contributed by atoms with Crippen molar-refractivity contribution in [3.8, 4) is 0 Å². The highest BCUT2D eigenvalue weighted by Crippen LogP contribution is 2.35. The highest BCUT2D eigenvalue weighted by atomic mass is 16.1. The van der Waals surface area contributed by atoms with E-state index in [2.05, 4.69) is 25.7 Å². The van der Waals surface area contributed by atoms with E-state index >= 15 is 0 Å². The van der Waals surface area contributed by atoms with Crippen LogP contribution in [0.1, 0.15) is 57.3 Å². The molecule has 1 saturated heterocycles. The molecule has 1 heterocycles. The van der Waals surface area contributed by atoms with E-state index in [4.69, 9.17) is 5.73 Å². The van der Waals surface area contributed by atoms with E-state index in [-0.39, 0.29) is 5.78 Å². The minimum Gasteiger partial charge on any atom is -0.398 e. The third-order valence-corrected chi connectivity index (χ3v) is 4.73. The molecule has 0 amide bonds. The molecule has 1 unspecified atom stereocenters. The summed E-state index contributed by atoms with van der Waals surface area (Å²) in [4.78, 5) is 14.1. The summed E-state index contributed by atoms with van der Waals surface area (Å²) in [5, 5.41) is 0. The Labute approximate surface area is 128 Å². The number of carbonyl (C=O) groups excluding carboxylic acids is 1. The molecule has 1 fully saturated rings. The maximum atomic E-state index is 11.7. The van der Waals surface area contributed by atoms with E-state index in [0.717, 1.165) is 24.7 Å². The van der Waals surface area contributed by atoms with Crippen molar-refractivity contribution in [2.24, 2.45) is 11.3 Å². The average molecular weight is 288 g/mol. The smallest absolute Gasteiger partial charge is 0.161 e. The van der Waals surface area contributed by atoms with Gasteiger partial charge in [-0.15, -0.1) is 0 Å². The van der Waals surface area contributed by atoms with Crippen LogP contribution in [0.25, 0.3) is 0 Å². The Kier molecular flexibility index (Phi) is 4.60. The third kappa shape index (κ3) is 3.78. The zero-order chi connectivity index (χ0) is 15.6. The molecule has 0 bridgehead atoms. The van der Waals surface area contributed by atoms with Gasteiger partial charge < -0.3 is 10.6 Å². The first-order valence-electron chi connectivity index (χ1n) is 7.94. The van der Waals surface area contributed by atoms with Crippen LogP contribution in [0.5, 0.6) is 0 Å². The number of hydrogen-bond donors (Lipinski definition) is 1. The van der Waals surface area contributed by atoms with Crippen molar-refractivity contribution in [2.45, 2.75) is 47.0 Å². The molecule has 2 rings (SSSR count). The van der Waals surface area contributed by atoms with Crippen molar-refractivity contribution < 1.29 is 4.79 Å². The molecule has 0 radical (unpaired) electrons. The van der Waals surface area contributed by atoms with E-state index in [1.54, 1.807) is 6.92 Å². The van der Waals surface area contributed by atoms with Crippen LogP contribution in [0, 0.1) is 11.3 Å². The maximum Gasteiger partial charge on any atom is 0.161 e. The Hall–Kier alpha value is -1.51. The summed E-state index contributed by atoms with van der Waals surface area (Å²) < 4.78 is 0. The first-order valence-corrected chi connectivity index (χ1v) is 7.94. The molecular weight excluding hydrogens is 260 g/mol. The van der Waals surface area contributed by atoms with Gasteiger partial charge in [-0.3, -0.25) is 4.79 Å². The standard InChI is InChI=1S/C18H28N2O/c1-13(21)16-12-15(7-8-17(16)19)20-10-5-6-14(9-11-20)18(2,3)4/h7-8,12,14H,5-6,9-11,19H2,1-4H3. The zero-order valence-electron chi connectivity index (χ0n) is 13.8. The Bertz CT molecular complexity index is 516. The summed E-state index contributed by atoms with van der Waals surface area (Å²) in [6.45, 7) is 10.7. The van der Waals surface area contributed by atoms with E-state index in [1.165, 1.54) is 19.3 Å². The van der Waals surface area contributed by atoms with E-state index < -0.39 is 0 Å². The molecule has 0 aromatic heterocycles. The van der Waals surface area contributed by atoms with E-state index in [0.29, 0.717) is 16.7 Å². The number of anilines is 2. The Morgan fingerprint density at radius 1 is 1.24 bits per heavy atom. The molecule has 2 N–H and O–H groups in total. The van der Waals surface area contributed by atoms with Gasteiger partial charge in [0.05, 0.1) is 0 Å². The van der Waals surface area contributed by atoms with Crippen molar-refractivity contribution in [2.75, 3.05) is 23.7 Å². The highest BCUT2D eigenvalue weighted by molar-refractivity contribution is 6.00. The van der Waals surface area contributed by atoms with Gasteiger partial charge in [0, 0.05) is 30.0 Å². The van der Waals surface area contributed by atoms with Crippen LogP contribution in [0.3, 0.4) is 0 Å². The highest BCUT2D eigenvalue weighted by Gasteiger charge is 2.27. The van der Waals surface area contributed by atoms with Gasteiger partial charge in [-0.2, -0.15) is 0 Å². The summed E-state index contributed by atoms with van der Waals surface area (Å²) in [6, 6.07) is 5.85. The maximum absolute atomic E-state index is 11.7. The van der Waals surface area contributed by atoms with Gasteiger partial charge in [-0.25, -0.2) is 0 Å². The first-order chi connectivity index (χ1) is 9.79. The summed E-state index contributed by atoms with van der Waals surface area (Å²) in [7, 11) is 0. The minimum absolute atomic E-state index is 0.0386. The minimum atomic E-state index is 0.0386. The molecule has 1 atom stereocenters. The van der Waals surface area contributed by atoms with E-state index in [9.17, 15) is 4.79 Å². The number of nitrogen functional groups attached to an aromatic ring is 1. The Morgan fingerprint density at radius 2 is 1.95 bits per heavy atom. The van der Waals surface area contributed by atoms with Gasteiger partial charge in [0.15, 0.2) is 5.78 Å². The fourth-order valence-corrected chi connectivity index (χ4v) is 3.27. The lowest BCUT2D eigenvalue weighted by molar-refractivity contribution is 0.101. The molecule has 0 aliphatic carbocycles. The fourth-order valence-electron chi connectivity index (χ4n) is 3.27. The van der Waals surface area contributed by atoms with Crippen LogP contribution >= 0.6 is 0 Å². The molecular formula is C18H28N2O. The van der Waals surface area contributed by atoms with Crippen LogP contribution in [-0.4, -0.2) is 18.9 Å². The van der Waals surface area contributed by atoms with Gasteiger partial charge in [0.1, 0.15) is 0 Å². The van der Waals surface area contributed by atoms with Crippen molar-refractivity contribution in [1.82, 2.24) is 0 Å². The number of hydrogen-bond acceptors (Lipinski definition) is 3. The van der Waals surface area contributed by atoms with Crippen LogP contribution < -0.4 is 10.6 Å². The molecule has 116 valence electrons. The van der Waals surface area contributed by atoms with Crippen LogP contribution in [-0.2, 0) is 0 Å². The normalized spacial score (nSPS) is 20.2. The molecule has 1 aromatic rings. The molecule has 1 aliphatic heterocycles. The van der Waals surface area contributed by atoms with Crippen LogP contribution in [0.2, 0.25) is 0 Å². The van der Waals surface area contributed by atoms with Crippen molar-refractivity contribution in [3.63, 3.8) is 0 Å². The first kappa shape index (κ1) is 15.9. The van der Waals surface area contributed by atoms with Crippen LogP contribution in [0.4, 0.5) is 11.4 Å². The zero-order valence-corrected chi connectivity index (χ0v) is 13.8. The van der Waals surface area contributed by atoms with Gasteiger partial charge in [-0.05, 0) is 55.7 Å². The molecule has 21 heavy (non-hydrogen) atoms. The quantitative estimate of drug-likeness (QED) is 0.657. The summed E-state index contributed by atoms with van der Waals surface area (Å²) in [5.41, 5.74) is 8.62. The van der Waals surface area contributed by atoms with Crippen LogP contribution in [0.15, 0.2) is 18.2 Å². The summed E-state index contributed by atoms with van der Waals surface area (Å²) >= 11 is 0. The number of rotatable bonds is 2. The lowest BCUT2D eigenvalue weighted by atomic mass is 9.77. The predicted molar refractivity (Wildman–Crippen MR) is 89.9 cm³/mol. The average Bonchev–Trinajstić information content (AvgIpc) is 2.64. The fraction of sp³-hybridized carbons (Fsp3) is 0.611. The van der Waals surface area contributed by atoms with Crippen molar-refractivity contribution in [1.29, 1.82) is 0 Å². The summed E-state index contributed by atoms with van der Waals surface area (Å²) in [5.74, 6) is 0.806. The number of carbonyl (C=O) groups is 1. The predicted octanol–water partition coefficient (Wildman–Crippen LogP) is 4.12. The number of nitrogens with two attached hydrogens (primary N) is 1. The molecule has 0 saturated carbocycles. The number of nitrogens with zero attached hydrogens (tertiary/aromatic N) is 1. The molecule has 3 heteroatoms. The van der Waals surface area contributed by atoms with E-state index in [1.807, 2.05) is 18.2 Å².